The van der Waals surface area contributed by atoms with Gasteiger partial charge in [-0.15, -0.1) is 0 Å². The number of aliphatic hydroxyl groups excluding tert-OH is 5. The molecule has 1 aliphatic rings. The highest BCUT2D eigenvalue weighted by Gasteiger charge is 2.44. The van der Waals surface area contributed by atoms with Crippen molar-refractivity contribution < 1.29 is 39.8 Å². The lowest BCUT2D eigenvalue weighted by atomic mass is 9.99. The Bertz CT molecular complexity index is 1390. The SMILES string of the molecule is CCCCCCCCCCCCCCCCCCCC/C=C/CC/C=C/C(O)C(COC1OC(CO)C(O)C(O)C1O)NC(=O)CCCCCCCCCCCCCCCCCCCCCCCCCCCCCCCCCCCCCCCC. The van der Waals surface area contributed by atoms with E-state index in [1.54, 1.807) is 6.08 Å². The molecule has 7 unspecified atom stereocenters. The zero-order chi connectivity index (χ0) is 61.4. The zero-order valence-electron chi connectivity index (χ0n) is 56.7. The lowest BCUT2D eigenvalue weighted by Crippen LogP contribution is -2.60. The standard InChI is InChI=1S/C76H147NO8/c1-3-5-7-9-11-13-15-17-19-21-23-25-27-29-30-31-32-33-34-35-36-37-38-39-40-41-42-44-46-48-50-52-54-56-58-60-62-64-66-72(80)77-69(68-84-76-75(83)74(82)73(81)71(67-78)85-76)70(79)65-63-61-59-57-55-53-51-49-47-45-43-28-26-24-22-20-18-16-14-12-10-8-6-4-2/h55,57,63,65,69-71,73-76,78-79,81-83H,3-54,56,58-62,64,66-68H2,1-2H3,(H,77,80)/b57-55+,65-63+. The van der Waals surface area contributed by atoms with E-state index in [9.17, 15) is 30.3 Å². The van der Waals surface area contributed by atoms with Gasteiger partial charge in [0, 0.05) is 6.42 Å². The maximum atomic E-state index is 13.1. The molecule has 1 aliphatic heterocycles. The second-order valence-electron chi connectivity index (χ2n) is 26.8. The molecular formula is C76H147NO8. The molecule has 504 valence electrons. The predicted octanol–water partition coefficient (Wildman–Crippen LogP) is 21.2. The molecule has 85 heavy (non-hydrogen) atoms. The van der Waals surface area contributed by atoms with Gasteiger partial charge in [0.25, 0.3) is 0 Å². The largest absolute Gasteiger partial charge is 0.394 e. The molecule has 1 heterocycles. The Kier molecular flexibility index (Phi) is 63.1. The van der Waals surface area contributed by atoms with Crippen LogP contribution in [-0.2, 0) is 14.3 Å². The van der Waals surface area contributed by atoms with Gasteiger partial charge < -0.3 is 40.3 Å². The summed E-state index contributed by atoms with van der Waals surface area (Å²) in [5.74, 6) is -0.177. The highest BCUT2D eigenvalue weighted by atomic mass is 16.7. The van der Waals surface area contributed by atoms with Crippen molar-refractivity contribution in [1.82, 2.24) is 5.32 Å². The van der Waals surface area contributed by atoms with Crippen LogP contribution in [-0.4, -0.2) is 87.5 Å². The second kappa shape index (κ2) is 65.6. The van der Waals surface area contributed by atoms with Crippen LogP contribution in [0.4, 0.5) is 0 Å². The summed E-state index contributed by atoms with van der Waals surface area (Å²) in [6.45, 7) is 3.83. The second-order valence-corrected chi connectivity index (χ2v) is 26.8. The zero-order valence-corrected chi connectivity index (χ0v) is 56.7. The summed E-state index contributed by atoms with van der Waals surface area (Å²) >= 11 is 0. The van der Waals surface area contributed by atoms with Crippen molar-refractivity contribution in [3.8, 4) is 0 Å². The van der Waals surface area contributed by atoms with Gasteiger partial charge in [-0.05, 0) is 32.1 Å². The van der Waals surface area contributed by atoms with Gasteiger partial charge in [-0.1, -0.05) is 385 Å². The van der Waals surface area contributed by atoms with Crippen molar-refractivity contribution in [2.75, 3.05) is 13.2 Å². The number of rotatable bonds is 68. The van der Waals surface area contributed by atoms with Crippen LogP contribution in [0.1, 0.15) is 399 Å². The number of unbranched alkanes of at least 4 members (excludes halogenated alkanes) is 56. The molecule has 0 spiro atoms. The average Bonchev–Trinajstić information content (AvgIpc) is 3.70. The van der Waals surface area contributed by atoms with Gasteiger partial charge in [-0.2, -0.15) is 0 Å². The van der Waals surface area contributed by atoms with Gasteiger partial charge >= 0.3 is 0 Å². The topological polar surface area (TPSA) is 149 Å². The number of carbonyl (C=O) groups excluding carboxylic acids is 1. The Morgan fingerprint density at radius 1 is 0.388 bits per heavy atom. The molecule has 0 aliphatic carbocycles. The number of hydrogen-bond acceptors (Lipinski definition) is 8. The molecule has 1 rings (SSSR count). The predicted molar refractivity (Wildman–Crippen MR) is 364 cm³/mol. The molecular weight excluding hydrogens is 1050 g/mol. The number of amides is 1. The van der Waals surface area contributed by atoms with Crippen LogP contribution in [0.25, 0.3) is 0 Å². The molecule has 0 aromatic carbocycles. The van der Waals surface area contributed by atoms with Crippen LogP contribution in [0.15, 0.2) is 24.3 Å². The van der Waals surface area contributed by atoms with E-state index in [0.29, 0.717) is 6.42 Å². The Labute approximate surface area is 528 Å². The number of aliphatic hydroxyl groups is 5. The summed E-state index contributed by atoms with van der Waals surface area (Å²) in [5.41, 5.74) is 0. The third-order valence-electron chi connectivity index (χ3n) is 18.5. The Hall–Kier alpha value is -1.33. The molecule has 9 nitrogen and oxygen atoms in total. The fourth-order valence-corrected chi connectivity index (χ4v) is 12.6. The molecule has 0 aromatic heterocycles. The van der Waals surface area contributed by atoms with Crippen molar-refractivity contribution in [3.05, 3.63) is 24.3 Å². The number of hydrogen-bond donors (Lipinski definition) is 6. The third-order valence-corrected chi connectivity index (χ3v) is 18.5. The van der Waals surface area contributed by atoms with Crippen molar-refractivity contribution >= 4 is 5.91 Å². The first kappa shape index (κ1) is 81.7. The summed E-state index contributed by atoms with van der Waals surface area (Å²) in [6, 6.07) is -0.820. The van der Waals surface area contributed by atoms with E-state index >= 15 is 0 Å². The Morgan fingerprint density at radius 2 is 0.671 bits per heavy atom. The van der Waals surface area contributed by atoms with Crippen LogP contribution in [0.5, 0.6) is 0 Å². The molecule has 7 atom stereocenters. The van der Waals surface area contributed by atoms with Gasteiger partial charge in [0.05, 0.1) is 25.4 Å². The van der Waals surface area contributed by atoms with Crippen LogP contribution in [0.2, 0.25) is 0 Å². The molecule has 1 saturated heterocycles. The number of carbonyl (C=O) groups is 1. The summed E-state index contributed by atoms with van der Waals surface area (Å²) in [5, 5.41) is 54.8. The molecule has 9 heteroatoms. The van der Waals surface area contributed by atoms with Gasteiger partial charge in [0.2, 0.25) is 5.91 Å². The lowest BCUT2D eigenvalue weighted by molar-refractivity contribution is -0.302. The lowest BCUT2D eigenvalue weighted by Gasteiger charge is -2.40. The fraction of sp³-hybridized carbons (Fsp3) is 0.934. The monoisotopic (exact) mass is 1200 g/mol. The van der Waals surface area contributed by atoms with E-state index in [0.717, 1.165) is 38.5 Å². The Morgan fingerprint density at radius 3 is 0.988 bits per heavy atom. The van der Waals surface area contributed by atoms with Crippen LogP contribution in [0.3, 0.4) is 0 Å². The first-order valence-corrected chi connectivity index (χ1v) is 38.1. The van der Waals surface area contributed by atoms with E-state index in [1.807, 2.05) is 6.08 Å². The minimum absolute atomic E-state index is 0.177. The van der Waals surface area contributed by atoms with Gasteiger partial charge in [-0.3, -0.25) is 4.79 Å². The quantitative estimate of drug-likeness (QED) is 0.0261. The molecule has 0 radical (unpaired) electrons. The van der Waals surface area contributed by atoms with Crippen molar-refractivity contribution in [1.29, 1.82) is 0 Å². The molecule has 0 aromatic rings. The first-order valence-electron chi connectivity index (χ1n) is 38.1. The van der Waals surface area contributed by atoms with Crippen LogP contribution >= 0.6 is 0 Å². The average molecular weight is 1200 g/mol. The molecule has 0 saturated carbocycles. The van der Waals surface area contributed by atoms with Crippen molar-refractivity contribution in [2.45, 2.75) is 442 Å². The summed E-state index contributed by atoms with van der Waals surface area (Å²) < 4.78 is 11.3. The third kappa shape index (κ3) is 54.2. The van der Waals surface area contributed by atoms with E-state index in [2.05, 4.69) is 31.3 Å². The van der Waals surface area contributed by atoms with E-state index < -0.39 is 49.5 Å². The van der Waals surface area contributed by atoms with E-state index in [4.69, 9.17) is 9.47 Å². The summed E-state index contributed by atoms with van der Waals surface area (Å²) in [6.07, 6.45) is 80.4. The fourth-order valence-electron chi connectivity index (χ4n) is 12.6. The van der Waals surface area contributed by atoms with E-state index in [1.165, 1.54) is 340 Å². The van der Waals surface area contributed by atoms with Gasteiger partial charge in [0.15, 0.2) is 6.29 Å². The number of ether oxygens (including phenoxy) is 2. The van der Waals surface area contributed by atoms with Gasteiger partial charge in [-0.25, -0.2) is 0 Å². The van der Waals surface area contributed by atoms with Crippen LogP contribution < -0.4 is 5.32 Å². The van der Waals surface area contributed by atoms with Crippen molar-refractivity contribution in [2.24, 2.45) is 0 Å². The molecule has 1 fully saturated rings. The molecule has 0 bridgehead atoms. The summed E-state index contributed by atoms with van der Waals surface area (Å²) in [4.78, 5) is 13.1. The number of allylic oxidation sites excluding steroid dienone is 3. The van der Waals surface area contributed by atoms with E-state index in [-0.39, 0.29) is 12.5 Å². The molecule has 6 N–H and O–H groups in total. The summed E-state index contributed by atoms with van der Waals surface area (Å²) in [7, 11) is 0. The normalized spacial score (nSPS) is 18.1. The number of nitrogens with one attached hydrogen (secondary N) is 1. The smallest absolute Gasteiger partial charge is 0.220 e. The minimum atomic E-state index is -1.57. The molecule has 1 amide bonds. The maximum Gasteiger partial charge on any atom is 0.220 e. The minimum Gasteiger partial charge on any atom is -0.394 e. The van der Waals surface area contributed by atoms with Crippen molar-refractivity contribution in [3.63, 3.8) is 0 Å². The van der Waals surface area contributed by atoms with Crippen LogP contribution in [0, 0.1) is 0 Å². The Balaban J connectivity index is 2.06. The highest BCUT2D eigenvalue weighted by Crippen LogP contribution is 2.24. The van der Waals surface area contributed by atoms with Gasteiger partial charge in [0.1, 0.15) is 24.4 Å². The highest BCUT2D eigenvalue weighted by molar-refractivity contribution is 5.76. The maximum absolute atomic E-state index is 13.1. The first-order chi connectivity index (χ1) is 41.8.